The molecule has 0 spiro atoms. The normalized spacial score (nSPS) is 10.8. The summed E-state index contributed by atoms with van der Waals surface area (Å²) >= 11 is 0. The van der Waals surface area contributed by atoms with Gasteiger partial charge in [-0.1, -0.05) is 18.2 Å². The van der Waals surface area contributed by atoms with Crippen molar-refractivity contribution in [1.82, 2.24) is 0 Å². The monoisotopic (exact) mass is 406 g/mol. The highest BCUT2D eigenvalue weighted by atomic mass is 19.3. The first-order valence-corrected chi connectivity index (χ1v) is 8.66. The summed E-state index contributed by atoms with van der Waals surface area (Å²) in [6, 6.07) is 10.8. The number of halogens is 2. The van der Waals surface area contributed by atoms with E-state index in [0.717, 1.165) is 0 Å². The molecule has 29 heavy (non-hydrogen) atoms. The number of methoxy groups -OCH3 is 1. The van der Waals surface area contributed by atoms with E-state index < -0.39 is 18.6 Å². The highest BCUT2D eigenvalue weighted by molar-refractivity contribution is 5.89. The Bertz CT molecular complexity index is 862. The Morgan fingerprint density at radius 3 is 2.41 bits per heavy atom. The Labute approximate surface area is 166 Å². The van der Waals surface area contributed by atoms with Gasteiger partial charge >= 0.3 is 18.6 Å². The summed E-state index contributed by atoms with van der Waals surface area (Å²) in [4.78, 5) is 23.3. The van der Waals surface area contributed by atoms with Crippen LogP contribution < -0.4 is 9.47 Å². The molecule has 0 heterocycles. The lowest BCUT2D eigenvalue weighted by atomic mass is 10.1. The number of benzene rings is 2. The average Bonchev–Trinajstić information content (AvgIpc) is 2.72. The molecule has 0 atom stereocenters. The minimum atomic E-state index is -2.97. The lowest BCUT2D eigenvalue weighted by Crippen LogP contribution is -2.04. The molecule has 6 nitrogen and oxygen atoms in total. The number of rotatable bonds is 9. The van der Waals surface area contributed by atoms with Gasteiger partial charge < -0.3 is 18.9 Å². The number of alkyl halides is 2. The van der Waals surface area contributed by atoms with Gasteiger partial charge in [-0.05, 0) is 48.4 Å². The maximum absolute atomic E-state index is 12.4. The van der Waals surface area contributed by atoms with Gasteiger partial charge in [0, 0.05) is 6.08 Å². The van der Waals surface area contributed by atoms with E-state index in [1.165, 1.54) is 37.5 Å². The average molecular weight is 406 g/mol. The molecule has 0 saturated carbocycles. The van der Waals surface area contributed by atoms with Crippen molar-refractivity contribution in [3.8, 4) is 11.5 Å². The van der Waals surface area contributed by atoms with E-state index in [-0.39, 0.29) is 24.7 Å². The molecular weight excluding hydrogens is 386 g/mol. The van der Waals surface area contributed by atoms with Crippen LogP contribution in [0.25, 0.3) is 6.08 Å². The predicted octanol–water partition coefficient (Wildman–Crippen LogP) is 4.23. The Morgan fingerprint density at radius 2 is 1.79 bits per heavy atom. The predicted molar refractivity (Wildman–Crippen MR) is 101 cm³/mol. The van der Waals surface area contributed by atoms with Gasteiger partial charge in [-0.25, -0.2) is 9.59 Å². The quantitative estimate of drug-likeness (QED) is 0.459. The molecule has 0 aliphatic heterocycles. The van der Waals surface area contributed by atoms with Gasteiger partial charge in [-0.3, -0.25) is 0 Å². The van der Waals surface area contributed by atoms with Gasteiger partial charge in [0.1, 0.15) is 6.61 Å². The number of carbonyl (C=O) groups excluding carboxylic acids is 2. The van der Waals surface area contributed by atoms with Crippen molar-refractivity contribution < 1.29 is 37.3 Å². The number of ether oxygens (including phenoxy) is 4. The Hall–Kier alpha value is -3.42. The van der Waals surface area contributed by atoms with Crippen LogP contribution in [0.1, 0.15) is 28.4 Å². The fourth-order valence-corrected chi connectivity index (χ4v) is 2.31. The largest absolute Gasteiger partial charge is 0.490 e. The summed E-state index contributed by atoms with van der Waals surface area (Å²) in [6.45, 7) is -0.962. The molecule has 0 N–H and O–H groups in total. The van der Waals surface area contributed by atoms with Crippen LogP contribution in [0.15, 0.2) is 48.5 Å². The third-order valence-corrected chi connectivity index (χ3v) is 3.65. The number of carbonyl (C=O) groups is 2. The van der Waals surface area contributed by atoms with Gasteiger partial charge in [0.2, 0.25) is 0 Å². The zero-order valence-electron chi connectivity index (χ0n) is 15.9. The number of esters is 2. The van der Waals surface area contributed by atoms with Crippen molar-refractivity contribution in [3.63, 3.8) is 0 Å². The first-order valence-electron chi connectivity index (χ1n) is 8.66. The molecule has 0 bridgehead atoms. The van der Waals surface area contributed by atoms with Gasteiger partial charge in [0.05, 0.1) is 19.3 Å². The molecule has 2 aromatic carbocycles. The Kier molecular flexibility index (Phi) is 8.14. The van der Waals surface area contributed by atoms with Gasteiger partial charge in [0.25, 0.3) is 0 Å². The number of hydrogen-bond acceptors (Lipinski definition) is 6. The van der Waals surface area contributed by atoms with E-state index in [9.17, 15) is 18.4 Å². The van der Waals surface area contributed by atoms with E-state index in [1.807, 2.05) is 0 Å². The summed E-state index contributed by atoms with van der Waals surface area (Å²) in [5, 5.41) is 0. The van der Waals surface area contributed by atoms with E-state index in [1.54, 1.807) is 31.2 Å². The standard InChI is InChI=1S/C21H20F2O6/c1-3-27-18-12-14(6-10-17(18)29-21(22)23)7-11-19(24)28-13-15-4-8-16(9-5-15)20(25)26-2/h4-12,21H,3,13H2,1-2H3/b11-7+. The molecule has 0 unspecified atom stereocenters. The van der Waals surface area contributed by atoms with Crippen molar-refractivity contribution in [2.75, 3.05) is 13.7 Å². The second kappa shape index (κ2) is 10.8. The summed E-state index contributed by atoms with van der Waals surface area (Å²) in [5.41, 5.74) is 1.65. The minimum Gasteiger partial charge on any atom is -0.490 e. The van der Waals surface area contributed by atoms with Crippen molar-refractivity contribution in [1.29, 1.82) is 0 Å². The van der Waals surface area contributed by atoms with Crippen LogP contribution in [0.2, 0.25) is 0 Å². The van der Waals surface area contributed by atoms with Crippen LogP contribution in [0.4, 0.5) is 8.78 Å². The molecule has 0 saturated heterocycles. The summed E-state index contributed by atoms with van der Waals surface area (Å²) < 4.78 is 44.3. The first kappa shape index (κ1) is 21.9. The third kappa shape index (κ3) is 6.91. The Morgan fingerprint density at radius 1 is 1.07 bits per heavy atom. The highest BCUT2D eigenvalue weighted by Crippen LogP contribution is 2.30. The van der Waals surface area contributed by atoms with Gasteiger partial charge in [-0.15, -0.1) is 0 Å². The topological polar surface area (TPSA) is 71.1 Å². The van der Waals surface area contributed by atoms with Crippen LogP contribution in [-0.4, -0.2) is 32.3 Å². The Balaban J connectivity index is 1.96. The van der Waals surface area contributed by atoms with Crippen LogP contribution in [0, 0.1) is 0 Å². The van der Waals surface area contributed by atoms with Gasteiger partial charge in [0.15, 0.2) is 11.5 Å². The molecule has 0 fully saturated rings. The smallest absolute Gasteiger partial charge is 0.387 e. The lowest BCUT2D eigenvalue weighted by Gasteiger charge is -2.11. The molecule has 0 aromatic heterocycles. The molecule has 2 aromatic rings. The lowest BCUT2D eigenvalue weighted by molar-refractivity contribution is -0.138. The molecule has 8 heteroatoms. The second-order valence-electron chi connectivity index (χ2n) is 5.65. The number of hydrogen-bond donors (Lipinski definition) is 0. The van der Waals surface area contributed by atoms with Crippen molar-refractivity contribution >= 4 is 18.0 Å². The van der Waals surface area contributed by atoms with E-state index in [0.29, 0.717) is 16.7 Å². The maximum atomic E-state index is 12.4. The third-order valence-electron chi connectivity index (χ3n) is 3.65. The van der Waals surface area contributed by atoms with Crippen molar-refractivity contribution in [2.45, 2.75) is 20.1 Å². The van der Waals surface area contributed by atoms with E-state index in [4.69, 9.17) is 9.47 Å². The molecule has 0 amide bonds. The zero-order valence-corrected chi connectivity index (χ0v) is 15.9. The highest BCUT2D eigenvalue weighted by Gasteiger charge is 2.11. The summed E-state index contributed by atoms with van der Waals surface area (Å²) in [5.74, 6) is -0.980. The minimum absolute atomic E-state index is 0.0238. The van der Waals surface area contributed by atoms with Crippen molar-refractivity contribution in [2.24, 2.45) is 0 Å². The molecule has 0 radical (unpaired) electrons. The van der Waals surface area contributed by atoms with E-state index >= 15 is 0 Å². The summed E-state index contributed by atoms with van der Waals surface area (Å²) in [7, 11) is 1.29. The zero-order chi connectivity index (χ0) is 21.2. The molecule has 2 rings (SSSR count). The SMILES string of the molecule is CCOc1cc(/C=C/C(=O)OCc2ccc(C(=O)OC)cc2)ccc1OC(F)F. The molecule has 0 aliphatic carbocycles. The van der Waals surface area contributed by atoms with E-state index in [2.05, 4.69) is 9.47 Å². The van der Waals surface area contributed by atoms with Gasteiger partial charge in [-0.2, -0.15) is 8.78 Å². The van der Waals surface area contributed by atoms with Crippen LogP contribution >= 0.6 is 0 Å². The fourth-order valence-electron chi connectivity index (χ4n) is 2.31. The summed E-state index contributed by atoms with van der Waals surface area (Å²) in [6.07, 6.45) is 2.68. The van der Waals surface area contributed by atoms with Crippen LogP contribution in [0.3, 0.4) is 0 Å². The second-order valence-corrected chi connectivity index (χ2v) is 5.65. The van der Waals surface area contributed by atoms with Crippen LogP contribution in [-0.2, 0) is 20.9 Å². The van der Waals surface area contributed by atoms with Crippen LogP contribution in [0.5, 0.6) is 11.5 Å². The molecule has 154 valence electrons. The van der Waals surface area contributed by atoms with Crippen molar-refractivity contribution in [3.05, 3.63) is 65.2 Å². The molecular formula is C21H20F2O6. The maximum Gasteiger partial charge on any atom is 0.387 e. The molecule has 0 aliphatic rings. The fraction of sp³-hybridized carbons (Fsp3) is 0.238. The first-order chi connectivity index (χ1) is 13.9.